The molecular weight excluding hydrogens is 237 g/mol. The predicted molar refractivity (Wildman–Crippen MR) is 44.3 cm³/mol. The summed E-state index contributed by atoms with van der Waals surface area (Å²) < 4.78 is 40.9. The van der Waals surface area contributed by atoms with Crippen molar-refractivity contribution >= 4 is 18.4 Å². The van der Waals surface area contributed by atoms with Crippen LogP contribution in [0.4, 0.5) is 12.9 Å². The minimum absolute atomic E-state index is 0. The molecular formula is C7H6BF3KNO2. The first-order valence-electron chi connectivity index (χ1n) is 3.68. The predicted octanol–water partition coefficient (Wildman–Crippen LogP) is -2.07. The second-order valence-electron chi connectivity index (χ2n) is 2.57. The molecule has 0 aliphatic heterocycles. The van der Waals surface area contributed by atoms with Crippen LogP contribution in [0.3, 0.4) is 0 Å². The van der Waals surface area contributed by atoms with Gasteiger partial charge in [-0.05, 0) is 6.20 Å². The van der Waals surface area contributed by atoms with E-state index >= 15 is 0 Å². The van der Waals surface area contributed by atoms with Gasteiger partial charge in [-0.3, -0.25) is 4.98 Å². The van der Waals surface area contributed by atoms with Gasteiger partial charge in [0.1, 0.15) is 0 Å². The molecule has 0 saturated heterocycles. The third-order valence-corrected chi connectivity index (χ3v) is 1.56. The number of rotatable bonds is 2. The fraction of sp³-hybridized carbons (Fsp3) is 0.143. The molecule has 76 valence electrons. The Morgan fingerprint density at radius 3 is 2.47 bits per heavy atom. The van der Waals surface area contributed by atoms with Gasteiger partial charge in [0.25, 0.3) is 0 Å². The van der Waals surface area contributed by atoms with E-state index in [2.05, 4.69) is 9.72 Å². The fourth-order valence-electron chi connectivity index (χ4n) is 0.866. The van der Waals surface area contributed by atoms with Crippen LogP contribution in [0.2, 0.25) is 0 Å². The molecule has 0 radical (unpaired) electrons. The van der Waals surface area contributed by atoms with Crippen molar-refractivity contribution in [2.45, 2.75) is 0 Å². The van der Waals surface area contributed by atoms with Gasteiger partial charge in [0.15, 0.2) is 0 Å². The minimum Gasteiger partial charge on any atom is -0.465 e. The summed E-state index contributed by atoms with van der Waals surface area (Å²) in [6, 6.07) is 0.721. The molecule has 1 rings (SSSR count). The molecule has 0 aromatic carbocycles. The van der Waals surface area contributed by atoms with E-state index in [0.29, 0.717) is 6.20 Å². The number of pyridine rings is 1. The van der Waals surface area contributed by atoms with Gasteiger partial charge in [-0.25, -0.2) is 4.79 Å². The van der Waals surface area contributed by atoms with Crippen molar-refractivity contribution in [1.82, 2.24) is 4.98 Å². The number of carbonyl (C=O) groups excluding carboxylic acids is 1. The first-order valence-corrected chi connectivity index (χ1v) is 3.68. The summed E-state index contributed by atoms with van der Waals surface area (Å²) >= 11 is 0. The number of halogens is 3. The molecule has 0 unspecified atom stereocenters. The van der Waals surface area contributed by atoms with Gasteiger partial charge in [-0.1, -0.05) is 11.5 Å². The number of ether oxygens (including phenoxy) is 1. The summed E-state index contributed by atoms with van der Waals surface area (Å²) in [5, 5.41) is 0. The van der Waals surface area contributed by atoms with E-state index < -0.39 is 18.4 Å². The number of hydrogen-bond acceptors (Lipinski definition) is 3. The zero-order valence-electron chi connectivity index (χ0n) is 8.21. The summed E-state index contributed by atoms with van der Waals surface area (Å²) in [5.74, 6) is -0.834. The molecule has 0 bridgehead atoms. The Morgan fingerprint density at radius 2 is 2.00 bits per heavy atom. The Hall–Kier alpha value is 0.111. The number of hydrogen-bond donors (Lipinski definition) is 0. The summed E-state index contributed by atoms with van der Waals surface area (Å²) in [5.41, 5.74) is -1.11. The first kappa shape index (κ1) is 15.1. The molecule has 0 atom stereocenters. The van der Waals surface area contributed by atoms with Gasteiger partial charge in [-0.2, -0.15) is 0 Å². The quantitative estimate of drug-likeness (QED) is 0.442. The molecule has 3 nitrogen and oxygen atoms in total. The van der Waals surface area contributed by atoms with Crippen LogP contribution in [0, 0.1) is 0 Å². The van der Waals surface area contributed by atoms with Crippen molar-refractivity contribution in [1.29, 1.82) is 0 Å². The van der Waals surface area contributed by atoms with Crippen LogP contribution in [0.15, 0.2) is 18.5 Å². The number of esters is 1. The van der Waals surface area contributed by atoms with Gasteiger partial charge in [-0.15, -0.1) is 0 Å². The van der Waals surface area contributed by atoms with Crippen molar-refractivity contribution in [2.75, 3.05) is 7.11 Å². The second-order valence-corrected chi connectivity index (χ2v) is 2.57. The molecule has 0 aliphatic rings. The van der Waals surface area contributed by atoms with Gasteiger partial charge in [0.05, 0.1) is 12.7 Å². The van der Waals surface area contributed by atoms with E-state index in [1.807, 2.05) is 0 Å². The monoisotopic (exact) mass is 243 g/mol. The minimum atomic E-state index is -5.13. The summed E-state index contributed by atoms with van der Waals surface area (Å²) in [7, 11) is 1.09. The maximum atomic E-state index is 12.2. The number of aromatic nitrogens is 1. The average molecular weight is 243 g/mol. The van der Waals surface area contributed by atoms with E-state index in [1.165, 1.54) is 0 Å². The van der Waals surface area contributed by atoms with Crippen LogP contribution < -0.4 is 56.8 Å². The Labute approximate surface area is 127 Å². The van der Waals surface area contributed by atoms with Crippen molar-refractivity contribution < 1.29 is 73.9 Å². The molecule has 1 heterocycles. The molecule has 8 heteroatoms. The summed E-state index contributed by atoms with van der Waals surface area (Å²) in [6.07, 6.45) is 1.70. The zero-order valence-corrected chi connectivity index (χ0v) is 11.3. The van der Waals surface area contributed by atoms with Crippen molar-refractivity contribution in [2.24, 2.45) is 0 Å². The molecule has 0 spiro atoms. The van der Waals surface area contributed by atoms with Gasteiger partial charge in [0.2, 0.25) is 0 Å². The molecule has 0 fully saturated rings. The van der Waals surface area contributed by atoms with Crippen molar-refractivity contribution in [3.05, 3.63) is 24.0 Å². The zero-order chi connectivity index (χ0) is 10.8. The summed E-state index contributed by atoms with van der Waals surface area (Å²) in [6.45, 7) is -5.13. The molecule has 0 saturated carbocycles. The van der Waals surface area contributed by atoms with Crippen LogP contribution >= 0.6 is 0 Å². The van der Waals surface area contributed by atoms with E-state index in [1.54, 1.807) is 0 Å². The van der Waals surface area contributed by atoms with E-state index in [-0.39, 0.29) is 56.9 Å². The summed E-state index contributed by atoms with van der Waals surface area (Å²) in [4.78, 5) is 14.2. The Balaban J connectivity index is 0.00000196. The first-order chi connectivity index (χ1) is 6.45. The number of methoxy groups -OCH3 is 1. The van der Waals surface area contributed by atoms with Crippen LogP contribution in [0.5, 0.6) is 0 Å². The van der Waals surface area contributed by atoms with Crippen LogP contribution in [-0.4, -0.2) is 25.0 Å². The number of nitrogens with zero attached hydrogens (tertiary/aromatic N) is 1. The molecule has 1 aromatic heterocycles. The van der Waals surface area contributed by atoms with Gasteiger partial charge < -0.3 is 17.7 Å². The third kappa shape index (κ3) is 4.23. The van der Waals surface area contributed by atoms with E-state index in [9.17, 15) is 17.7 Å². The van der Waals surface area contributed by atoms with Crippen LogP contribution in [0.1, 0.15) is 10.4 Å². The topological polar surface area (TPSA) is 39.2 Å². The number of carbonyl (C=O) groups is 1. The van der Waals surface area contributed by atoms with Crippen LogP contribution in [-0.2, 0) is 4.74 Å². The SMILES string of the molecule is COC(=O)c1cncc([B-](F)(F)F)c1.[K+]. The molecule has 0 amide bonds. The molecule has 0 aliphatic carbocycles. The Morgan fingerprint density at radius 1 is 1.40 bits per heavy atom. The van der Waals surface area contributed by atoms with Gasteiger partial charge in [0, 0.05) is 6.20 Å². The van der Waals surface area contributed by atoms with Crippen molar-refractivity contribution in [3.8, 4) is 0 Å². The van der Waals surface area contributed by atoms with E-state index in [0.717, 1.165) is 19.4 Å². The molecule has 0 N–H and O–H groups in total. The standard InChI is InChI=1S/C7H6BF3NO2.K/c1-14-7(13)5-2-6(4-12-3-5)8(9,10)11;/h2-4H,1H3;/q-1;+1. The Kier molecular flexibility index (Phi) is 6.04. The largest absolute Gasteiger partial charge is 1.00 e. The van der Waals surface area contributed by atoms with Gasteiger partial charge >= 0.3 is 64.3 Å². The van der Waals surface area contributed by atoms with Crippen molar-refractivity contribution in [3.63, 3.8) is 0 Å². The van der Waals surface area contributed by atoms with Crippen LogP contribution in [0.25, 0.3) is 0 Å². The molecule has 15 heavy (non-hydrogen) atoms. The normalized spacial score (nSPS) is 10.4. The molecule has 1 aromatic rings. The maximum Gasteiger partial charge on any atom is 1.00 e. The average Bonchev–Trinajstić information content (AvgIpc) is 2.15. The fourth-order valence-corrected chi connectivity index (χ4v) is 0.866. The second kappa shape index (κ2) is 6.00. The smallest absolute Gasteiger partial charge is 0.465 e. The Bertz CT molecular complexity index is 358. The third-order valence-electron chi connectivity index (χ3n) is 1.56. The maximum absolute atomic E-state index is 12.2. The van der Waals surface area contributed by atoms with E-state index in [4.69, 9.17) is 0 Å².